The zero-order valence-corrected chi connectivity index (χ0v) is 38.8. The molecule has 288 valence electrons. The van der Waals surface area contributed by atoms with Crippen molar-refractivity contribution in [3.05, 3.63) is 192 Å². The van der Waals surface area contributed by atoms with Crippen molar-refractivity contribution in [2.75, 3.05) is 0 Å². The molecule has 3 heteroatoms. The molecular weight excluding hydrogens is 811 g/mol. The van der Waals surface area contributed by atoms with E-state index in [0.29, 0.717) is 29.6 Å². The molecule has 9 rings (SSSR count). The molecule has 0 fully saturated rings. The maximum atomic E-state index is 2.78. The largest absolute Gasteiger partial charge is 1.00 e. The molecule has 3 aliphatic rings. The molecule has 0 spiro atoms. The van der Waals surface area contributed by atoms with Crippen molar-refractivity contribution in [3.63, 3.8) is 0 Å². The van der Waals surface area contributed by atoms with Crippen LogP contribution in [-0.2, 0) is 24.4 Å². The summed E-state index contributed by atoms with van der Waals surface area (Å²) in [5, 5.41) is 2.92. The Labute approximate surface area is 361 Å². The molecular formula is C54H54Cl2Zr. The average Bonchev–Trinajstić information content (AvgIpc) is 3.74. The number of aryl methyl sites for hydroxylation is 1. The summed E-state index contributed by atoms with van der Waals surface area (Å²) in [6.45, 7) is 22.7. The fraction of sp³-hybridized carbons (Fsp3) is 0.278. The third kappa shape index (κ3) is 6.29. The van der Waals surface area contributed by atoms with Crippen molar-refractivity contribution >= 4 is 19.6 Å². The molecule has 0 saturated carbocycles. The predicted molar refractivity (Wildman–Crippen MR) is 233 cm³/mol. The second kappa shape index (κ2) is 15.9. The molecule has 0 saturated heterocycles. The van der Waals surface area contributed by atoms with Crippen molar-refractivity contribution < 1.29 is 46.1 Å². The van der Waals surface area contributed by atoms with Crippen LogP contribution in [0.2, 0.25) is 0 Å². The van der Waals surface area contributed by atoms with Gasteiger partial charge >= 0.3 is 339 Å². The molecule has 0 bridgehead atoms. The Bertz CT molecular complexity index is 2560. The smallest absolute Gasteiger partial charge is 1.00 e. The number of rotatable bonds is 5. The molecule has 6 aromatic rings. The summed E-state index contributed by atoms with van der Waals surface area (Å²) in [6.07, 6.45) is 5.26. The molecule has 6 aromatic carbocycles. The quantitative estimate of drug-likeness (QED) is 0.165. The van der Waals surface area contributed by atoms with Crippen LogP contribution in [0.25, 0.3) is 27.5 Å². The van der Waals surface area contributed by atoms with Crippen molar-refractivity contribution in [1.82, 2.24) is 0 Å². The van der Waals surface area contributed by atoms with Gasteiger partial charge in [0.1, 0.15) is 0 Å². The summed E-state index contributed by atoms with van der Waals surface area (Å²) < 4.78 is 3.31. The number of fused-ring (bicyclic) bond motifs is 8. The molecule has 0 aliphatic heterocycles. The van der Waals surface area contributed by atoms with Gasteiger partial charge in [-0.25, -0.2) is 0 Å². The minimum atomic E-state index is -3.13. The zero-order valence-electron chi connectivity index (χ0n) is 34.8. The Morgan fingerprint density at radius 3 is 1.75 bits per heavy atom. The van der Waals surface area contributed by atoms with E-state index in [1.165, 1.54) is 60.9 Å². The van der Waals surface area contributed by atoms with Gasteiger partial charge in [-0.2, -0.15) is 0 Å². The number of benzene rings is 6. The van der Waals surface area contributed by atoms with Crippen LogP contribution in [-0.4, -0.2) is 3.21 Å². The summed E-state index contributed by atoms with van der Waals surface area (Å²) in [5.74, 6) is 2.13. The Morgan fingerprint density at radius 2 is 1.16 bits per heavy atom. The molecule has 3 aliphatic carbocycles. The summed E-state index contributed by atoms with van der Waals surface area (Å²) in [5.41, 5.74) is 19.4. The topological polar surface area (TPSA) is 0 Å². The van der Waals surface area contributed by atoms with Gasteiger partial charge < -0.3 is 24.8 Å². The first-order valence-electron chi connectivity index (χ1n) is 20.6. The number of allylic oxidation sites excluding steroid dienone is 4. The van der Waals surface area contributed by atoms with Crippen LogP contribution < -0.4 is 24.8 Å². The maximum Gasteiger partial charge on any atom is -1.00 e. The number of halogens is 2. The summed E-state index contributed by atoms with van der Waals surface area (Å²) in [4.78, 5) is 0. The van der Waals surface area contributed by atoms with Gasteiger partial charge in [0.05, 0.1) is 0 Å². The van der Waals surface area contributed by atoms with Crippen LogP contribution in [0.1, 0.15) is 109 Å². The molecule has 0 heterocycles. The minimum Gasteiger partial charge on any atom is -1.00 e. The Morgan fingerprint density at radius 1 is 0.614 bits per heavy atom. The van der Waals surface area contributed by atoms with Crippen molar-refractivity contribution in [3.8, 4) is 11.1 Å². The van der Waals surface area contributed by atoms with Crippen LogP contribution in [0, 0.1) is 38.5 Å². The minimum absolute atomic E-state index is 0. The van der Waals surface area contributed by atoms with E-state index in [1.54, 1.807) is 28.7 Å². The first-order chi connectivity index (χ1) is 26.5. The van der Waals surface area contributed by atoms with E-state index >= 15 is 0 Å². The van der Waals surface area contributed by atoms with Gasteiger partial charge in [0.2, 0.25) is 0 Å². The SMILES string of the molecule is Cc1cc2c(c(C)c1C)C(C)c1c3c(c4ccccc4c1-2)C(C)C(C)C(C)[C]3(C)[Zr+2]([C]1=CC(c2ccccc2)=CC1C)=[C](c1ccccc1)c1ccccc1.[Cl-].[Cl-]. The Hall–Kier alpha value is -3.61. The summed E-state index contributed by atoms with van der Waals surface area (Å²) >= 11 is -3.13. The van der Waals surface area contributed by atoms with E-state index in [-0.39, 0.29) is 27.9 Å². The number of hydrogen-bond acceptors (Lipinski definition) is 0. The van der Waals surface area contributed by atoms with Gasteiger partial charge in [0.25, 0.3) is 0 Å². The first-order valence-corrected chi connectivity index (χ1v) is 24.3. The molecule has 0 aromatic heterocycles. The molecule has 6 atom stereocenters. The molecule has 0 amide bonds. The molecule has 6 unspecified atom stereocenters. The van der Waals surface area contributed by atoms with Gasteiger partial charge in [-0.05, 0) is 0 Å². The van der Waals surface area contributed by atoms with Crippen molar-refractivity contribution in [1.29, 1.82) is 0 Å². The Kier molecular flexibility index (Phi) is 11.6. The van der Waals surface area contributed by atoms with Crippen LogP contribution in [0.3, 0.4) is 0 Å². The monoisotopic (exact) mass is 862 g/mol. The first kappa shape index (κ1) is 41.5. The second-order valence-corrected chi connectivity index (χ2v) is 24.3. The van der Waals surface area contributed by atoms with E-state index in [9.17, 15) is 0 Å². The van der Waals surface area contributed by atoms with E-state index in [4.69, 9.17) is 0 Å². The third-order valence-electron chi connectivity index (χ3n) is 14.6. The van der Waals surface area contributed by atoms with Gasteiger partial charge in [-0.1, -0.05) is 0 Å². The Balaban J connectivity index is 0.00000248. The normalized spacial score (nSPS) is 22.8. The fourth-order valence-corrected chi connectivity index (χ4v) is 22.0. The molecule has 57 heavy (non-hydrogen) atoms. The summed E-state index contributed by atoms with van der Waals surface area (Å²) in [6, 6.07) is 46.3. The third-order valence-corrected chi connectivity index (χ3v) is 24.5. The summed E-state index contributed by atoms with van der Waals surface area (Å²) in [7, 11) is 0. The van der Waals surface area contributed by atoms with E-state index in [0.717, 1.165) is 0 Å². The van der Waals surface area contributed by atoms with Gasteiger partial charge in [0.15, 0.2) is 0 Å². The number of hydrogen-bond donors (Lipinski definition) is 0. The molecule has 0 nitrogen and oxygen atoms in total. The predicted octanol–water partition coefficient (Wildman–Crippen LogP) is 8.01. The average molecular weight is 865 g/mol. The van der Waals surface area contributed by atoms with Gasteiger partial charge in [0, 0.05) is 0 Å². The van der Waals surface area contributed by atoms with Gasteiger partial charge in [-0.3, -0.25) is 0 Å². The fourth-order valence-electron chi connectivity index (χ4n) is 11.2. The van der Waals surface area contributed by atoms with Crippen molar-refractivity contribution in [2.45, 2.75) is 77.3 Å². The van der Waals surface area contributed by atoms with E-state index < -0.39 is 21.3 Å². The second-order valence-electron chi connectivity index (χ2n) is 17.2. The van der Waals surface area contributed by atoms with Crippen LogP contribution >= 0.6 is 0 Å². The van der Waals surface area contributed by atoms with Crippen molar-refractivity contribution in [2.24, 2.45) is 17.8 Å². The molecule has 0 N–H and O–H groups in total. The van der Waals surface area contributed by atoms with E-state index in [1.807, 2.05) is 0 Å². The van der Waals surface area contributed by atoms with E-state index in [2.05, 4.69) is 196 Å². The van der Waals surface area contributed by atoms with Gasteiger partial charge in [-0.15, -0.1) is 0 Å². The van der Waals surface area contributed by atoms with Crippen LogP contribution in [0.15, 0.2) is 137 Å². The molecule has 0 radical (unpaired) electrons. The maximum absolute atomic E-state index is 3.13. The van der Waals surface area contributed by atoms with Crippen LogP contribution in [0.5, 0.6) is 0 Å². The standard InChI is InChI=1S/C29H33.C13H10.C12H11.2ClH.Zr/c1-14-13-24-25(18(5)15(14)2)21(8)28-27-20(7)17(4)16(3)19(6)26(27)22-11-9-10-12-23(22)29(24)28;1-3-7-12(8-4-1)11-13-9-5-2-6-10-13;1-10-7-8-12(9-10)11-5-3-2-4-6-11;;;/h9-13,16-17,19,21H,1-8H3;1-10H;2-6,8-10H,1H3;2*1H;/q;;;;;+2/p-2. The van der Waals surface area contributed by atoms with Crippen LogP contribution in [0.4, 0.5) is 0 Å². The zero-order chi connectivity index (χ0) is 38.3.